The fourth-order valence-corrected chi connectivity index (χ4v) is 4.78. The van der Waals surface area contributed by atoms with Gasteiger partial charge in [0, 0.05) is 35.8 Å². The number of aliphatic imine (C=N–C) groups is 1. The molecule has 2 amide bonds. The third kappa shape index (κ3) is 6.46. The number of carbonyl (C=O) groups excluding carboxylic acids is 2. The van der Waals surface area contributed by atoms with Gasteiger partial charge in [-0.25, -0.2) is 9.38 Å². The largest absolute Gasteiger partial charge is 0.416 e. The van der Waals surface area contributed by atoms with E-state index >= 15 is 0 Å². The van der Waals surface area contributed by atoms with Gasteiger partial charge in [-0.1, -0.05) is 36.4 Å². The molecule has 1 saturated heterocycles. The number of hydrogen-bond acceptors (Lipinski definition) is 5. The van der Waals surface area contributed by atoms with Crippen molar-refractivity contribution in [3.63, 3.8) is 0 Å². The molecule has 1 fully saturated rings. The summed E-state index contributed by atoms with van der Waals surface area (Å²) in [4.78, 5) is 33.5. The van der Waals surface area contributed by atoms with Crippen LogP contribution in [0.4, 0.5) is 23.2 Å². The standard InChI is InChI=1S/C30H29F4N5O2/c1-3-39-27(37-22-10-5-4-6-11-22)25(23(35)17-36-2)24(18-12-14-21(31)15-13-18)26(29(39)41)38-28(40)19-8-7-9-20(16-19)30(32,33)34/h4-16,24,26,36H,3,17,35H2,1-2H3,(H,38,40)/b25-23-,37-27?. The van der Waals surface area contributed by atoms with E-state index < -0.39 is 41.3 Å². The number of likely N-dealkylation sites (tertiary alicyclic amines) is 1. The van der Waals surface area contributed by atoms with Crippen LogP contribution in [0.25, 0.3) is 0 Å². The van der Waals surface area contributed by atoms with Gasteiger partial charge in [-0.2, -0.15) is 13.2 Å². The molecule has 2 atom stereocenters. The lowest BCUT2D eigenvalue weighted by Crippen LogP contribution is -2.59. The monoisotopic (exact) mass is 567 g/mol. The van der Waals surface area contributed by atoms with E-state index in [-0.39, 0.29) is 24.5 Å². The summed E-state index contributed by atoms with van der Waals surface area (Å²) in [6.07, 6.45) is -4.66. The van der Waals surface area contributed by atoms with Gasteiger partial charge in [-0.05, 0) is 62.0 Å². The Morgan fingerprint density at radius 3 is 2.32 bits per heavy atom. The molecule has 0 bridgehead atoms. The Morgan fingerprint density at radius 2 is 1.71 bits per heavy atom. The van der Waals surface area contributed by atoms with E-state index in [1.165, 1.54) is 35.2 Å². The Kier molecular flexibility index (Phi) is 8.87. The number of hydrogen-bond donors (Lipinski definition) is 3. The number of likely N-dealkylation sites (N-methyl/N-ethyl adjacent to an activating group) is 2. The van der Waals surface area contributed by atoms with Gasteiger partial charge < -0.3 is 16.4 Å². The zero-order chi connectivity index (χ0) is 29.7. The van der Waals surface area contributed by atoms with Crippen molar-refractivity contribution >= 4 is 23.3 Å². The van der Waals surface area contributed by atoms with Gasteiger partial charge in [-0.15, -0.1) is 0 Å². The minimum Gasteiger partial charge on any atom is -0.401 e. The van der Waals surface area contributed by atoms with Gasteiger partial charge in [0.25, 0.3) is 11.8 Å². The van der Waals surface area contributed by atoms with Gasteiger partial charge in [0.05, 0.1) is 11.3 Å². The summed E-state index contributed by atoms with van der Waals surface area (Å²) in [5, 5.41) is 5.63. The van der Waals surface area contributed by atoms with E-state index in [1.54, 1.807) is 38.2 Å². The molecule has 1 aliphatic heterocycles. The molecule has 3 aromatic carbocycles. The molecule has 1 heterocycles. The summed E-state index contributed by atoms with van der Waals surface area (Å²) in [6, 6.07) is 16.9. The number of nitrogens with zero attached hydrogens (tertiary/aromatic N) is 2. The number of para-hydroxylation sites is 1. The predicted molar refractivity (Wildman–Crippen MR) is 148 cm³/mol. The highest BCUT2D eigenvalue weighted by molar-refractivity contribution is 6.15. The van der Waals surface area contributed by atoms with Crippen LogP contribution in [0.15, 0.2) is 95.1 Å². The number of nitrogens with two attached hydrogens (primary N) is 1. The van der Waals surface area contributed by atoms with Gasteiger partial charge in [0.1, 0.15) is 17.7 Å². The van der Waals surface area contributed by atoms with Crippen LogP contribution in [0.2, 0.25) is 0 Å². The highest BCUT2D eigenvalue weighted by atomic mass is 19.4. The van der Waals surface area contributed by atoms with Crippen LogP contribution in [-0.4, -0.2) is 48.7 Å². The van der Waals surface area contributed by atoms with Crippen molar-refractivity contribution < 1.29 is 27.2 Å². The molecule has 4 rings (SSSR count). The van der Waals surface area contributed by atoms with Crippen molar-refractivity contribution in [3.05, 3.63) is 113 Å². The van der Waals surface area contributed by atoms with Crippen LogP contribution in [-0.2, 0) is 11.0 Å². The molecular weight excluding hydrogens is 538 g/mol. The number of amides is 2. The lowest BCUT2D eigenvalue weighted by Gasteiger charge is -2.41. The van der Waals surface area contributed by atoms with Crippen molar-refractivity contribution in [1.82, 2.24) is 15.5 Å². The summed E-state index contributed by atoms with van der Waals surface area (Å²) >= 11 is 0. The Morgan fingerprint density at radius 1 is 1.02 bits per heavy atom. The number of nitrogens with one attached hydrogen (secondary N) is 2. The maximum atomic E-state index is 14.0. The number of halogens is 4. The highest BCUT2D eigenvalue weighted by Crippen LogP contribution is 2.38. The van der Waals surface area contributed by atoms with Crippen molar-refractivity contribution in [2.24, 2.45) is 10.7 Å². The van der Waals surface area contributed by atoms with Crippen molar-refractivity contribution in [2.75, 3.05) is 20.1 Å². The molecule has 1 aliphatic rings. The molecule has 0 saturated carbocycles. The Hall–Kier alpha value is -4.51. The predicted octanol–water partition coefficient (Wildman–Crippen LogP) is 4.75. The van der Waals surface area contributed by atoms with E-state index in [0.717, 1.165) is 18.2 Å². The van der Waals surface area contributed by atoms with Crippen molar-refractivity contribution in [3.8, 4) is 0 Å². The smallest absolute Gasteiger partial charge is 0.401 e. The van der Waals surface area contributed by atoms with Crippen molar-refractivity contribution in [2.45, 2.75) is 25.1 Å². The zero-order valence-corrected chi connectivity index (χ0v) is 22.4. The normalized spacial score (nSPS) is 19.8. The molecule has 41 heavy (non-hydrogen) atoms. The van der Waals surface area contributed by atoms with Crippen LogP contribution in [0, 0.1) is 5.82 Å². The van der Waals surface area contributed by atoms with Gasteiger partial charge in [0.15, 0.2) is 0 Å². The minimum absolute atomic E-state index is 0.160. The minimum atomic E-state index is -4.66. The molecule has 0 aliphatic carbocycles. The van der Waals surface area contributed by atoms with E-state index in [2.05, 4.69) is 10.6 Å². The number of piperidine rings is 1. The number of alkyl halides is 3. The quantitative estimate of drug-likeness (QED) is 0.359. The van der Waals surface area contributed by atoms with E-state index in [1.807, 2.05) is 6.07 Å². The van der Waals surface area contributed by atoms with Gasteiger partial charge >= 0.3 is 6.18 Å². The Bertz CT molecular complexity index is 1470. The van der Waals surface area contributed by atoms with Gasteiger partial charge in [-0.3, -0.25) is 14.5 Å². The third-order valence-electron chi connectivity index (χ3n) is 6.66. The Balaban J connectivity index is 1.90. The van der Waals surface area contributed by atoms with Crippen molar-refractivity contribution in [1.29, 1.82) is 0 Å². The summed E-state index contributed by atoms with van der Waals surface area (Å²) in [6.45, 7) is 2.09. The van der Waals surface area contributed by atoms with Crippen LogP contribution in [0.1, 0.15) is 34.3 Å². The lowest BCUT2D eigenvalue weighted by molar-refractivity contribution is -0.137. The lowest BCUT2D eigenvalue weighted by atomic mass is 9.78. The molecule has 0 aromatic heterocycles. The first-order valence-electron chi connectivity index (χ1n) is 12.9. The molecular formula is C30H29F4N5O2. The average molecular weight is 568 g/mol. The summed E-state index contributed by atoms with van der Waals surface area (Å²) in [5.41, 5.74) is 7.06. The first kappa shape index (κ1) is 29.5. The second kappa shape index (κ2) is 12.3. The molecule has 0 spiro atoms. The second-order valence-corrected chi connectivity index (χ2v) is 9.38. The molecule has 3 aromatic rings. The average Bonchev–Trinajstić information content (AvgIpc) is 2.95. The SMILES string of the molecule is CCN1C(=O)C(NC(=O)c2cccc(C(F)(F)F)c2)C(c2ccc(F)cc2)/C(=C(/N)CNC)C1=Nc1ccccc1. The maximum absolute atomic E-state index is 14.0. The number of amidine groups is 1. The highest BCUT2D eigenvalue weighted by Gasteiger charge is 2.46. The number of benzene rings is 3. The molecule has 7 nitrogen and oxygen atoms in total. The summed E-state index contributed by atoms with van der Waals surface area (Å²) < 4.78 is 54.0. The summed E-state index contributed by atoms with van der Waals surface area (Å²) in [7, 11) is 1.69. The van der Waals surface area contributed by atoms with E-state index in [9.17, 15) is 27.2 Å². The van der Waals surface area contributed by atoms with E-state index in [4.69, 9.17) is 10.7 Å². The fraction of sp³-hybridized carbons (Fsp3) is 0.233. The van der Waals surface area contributed by atoms with Crippen LogP contribution in [0.5, 0.6) is 0 Å². The van der Waals surface area contributed by atoms with Crippen LogP contribution >= 0.6 is 0 Å². The first-order chi connectivity index (χ1) is 19.5. The maximum Gasteiger partial charge on any atom is 0.416 e. The number of rotatable bonds is 7. The van der Waals surface area contributed by atoms with Gasteiger partial charge in [0.2, 0.25) is 0 Å². The zero-order valence-electron chi connectivity index (χ0n) is 22.4. The van der Waals surface area contributed by atoms with E-state index in [0.29, 0.717) is 22.5 Å². The third-order valence-corrected chi connectivity index (χ3v) is 6.66. The van der Waals surface area contributed by atoms with Crippen LogP contribution in [0.3, 0.4) is 0 Å². The molecule has 0 radical (unpaired) electrons. The molecule has 2 unspecified atom stereocenters. The molecule has 4 N–H and O–H groups in total. The second-order valence-electron chi connectivity index (χ2n) is 9.38. The Labute approximate surface area is 234 Å². The topological polar surface area (TPSA) is 99.8 Å². The summed E-state index contributed by atoms with van der Waals surface area (Å²) in [5.74, 6) is -2.61. The van der Waals surface area contributed by atoms with Crippen LogP contribution < -0.4 is 16.4 Å². The first-order valence-corrected chi connectivity index (χ1v) is 12.9. The molecule has 214 valence electrons. The molecule has 11 heteroatoms. The number of carbonyl (C=O) groups is 2. The fourth-order valence-electron chi connectivity index (χ4n) is 4.78.